The van der Waals surface area contributed by atoms with E-state index in [1.165, 1.54) is 0 Å². The van der Waals surface area contributed by atoms with Crippen LogP contribution in [0.4, 0.5) is 5.69 Å². The Morgan fingerprint density at radius 3 is 2.65 bits per heavy atom. The normalized spacial score (nSPS) is 11.7. The van der Waals surface area contributed by atoms with Crippen LogP contribution in [0.2, 0.25) is 0 Å². The zero-order chi connectivity index (χ0) is 14.2. The molecule has 0 amide bonds. The summed E-state index contributed by atoms with van der Waals surface area (Å²) in [6.07, 6.45) is 0. The Balaban J connectivity index is 2.06. The fourth-order valence-corrected chi connectivity index (χ4v) is 3.32. The van der Waals surface area contributed by atoms with Crippen LogP contribution >= 0.6 is 0 Å². The molecule has 0 aliphatic rings. The first-order valence-corrected chi connectivity index (χ1v) is 7.44. The predicted octanol–water partition coefficient (Wildman–Crippen LogP) is 2.07. The third-order valence-corrected chi connectivity index (χ3v) is 4.50. The van der Waals surface area contributed by atoms with Crippen molar-refractivity contribution in [2.75, 3.05) is 4.72 Å². The second-order valence-corrected chi connectivity index (χ2v) is 6.02. The van der Waals surface area contributed by atoms with Crippen molar-refractivity contribution in [1.29, 1.82) is 0 Å². The van der Waals surface area contributed by atoms with E-state index in [-0.39, 0.29) is 4.90 Å². The summed E-state index contributed by atoms with van der Waals surface area (Å²) in [5.74, 6) is 0. The van der Waals surface area contributed by atoms with Crippen molar-refractivity contribution in [3.8, 4) is 0 Å². The Hall–Kier alpha value is -2.41. The van der Waals surface area contributed by atoms with Crippen LogP contribution in [-0.4, -0.2) is 23.8 Å². The maximum absolute atomic E-state index is 12.4. The minimum absolute atomic E-state index is 0.250. The Kier molecular flexibility index (Phi) is 2.90. The number of fused-ring (bicyclic) bond motifs is 1. The highest BCUT2D eigenvalue weighted by molar-refractivity contribution is 7.92. The number of aromatic amines is 1. The van der Waals surface area contributed by atoms with Gasteiger partial charge in [0.1, 0.15) is 11.0 Å². The second-order valence-electron chi connectivity index (χ2n) is 4.37. The largest absolute Gasteiger partial charge is 0.277 e. The molecule has 2 N–H and O–H groups in total. The molecule has 1 heterocycles. The minimum Gasteiger partial charge on any atom is -0.277 e. The van der Waals surface area contributed by atoms with E-state index in [4.69, 9.17) is 0 Å². The second kappa shape index (κ2) is 4.61. The van der Waals surface area contributed by atoms with Crippen LogP contribution in [0.15, 0.2) is 47.4 Å². The van der Waals surface area contributed by atoms with Crippen LogP contribution in [0.25, 0.3) is 11.0 Å². The topological polar surface area (TPSA) is 87.7 Å². The van der Waals surface area contributed by atoms with Gasteiger partial charge in [0.05, 0.1) is 10.6 Å². The number of aromatic nitrogens is 3. The number of nitrogens with zero attached hydrogens (tertiary/aromatic N) is 2. The molecule has 0 aliphatic heterocycles. The minimum atomic E-state index is -3.65. The van der Waals surface area contributed by atoms with Gasteiger partial charge in [-0.25, -0.2) is 8.42 Å². The van der Waals surface area contributed by atoms with E-state index in [0.29, 0.717) is 22.3 Å². The molecule has 7 heteroatoms. The molecule has 0 spiro atoms. The molecule has 0 atom stereocenters. The summed E-state index contributed by atoms with van der Waals surface area (Å²) in [4.78, 5) is 0.250. The van der Waals surface area contributed by atoms with Gasteiger partial charge in [-0.1, -0.05) is 24.3 Å². The number of hydrogen-bond donors (Lipinski definition) is 2. The van der Waals surface area contributed by atoms with E-state index in [9.17, 15) is 8.42 Å². The van der Waals surface area contributed by atoms with Crippen LogP contribution in [0, 0.1) is 6.92 Å². The number of aryl methyl sites for hydroxylation is 1. The fraction of sp³-hybridized carbons (Fsp3) is 0.0769. The number of para-hydroxylation sites is 1. The average Bonchev–Trinajstić information content (AvgIpc) is 2.88. The van der Waals surface area contributed by atoms with Crippen molar-refractivity contribution in [3.63, 3.8) is 0 Å². The Bertz CT molecular complexity index is 871. The molecule has 1 aromatic heterocycles. The number of rotatable bonds is 3. The summed E-state index contributed by atoms with van der Waals surface area (Å²) >= 11 is 0. The van der Waals surface area contributed by atoms with Crippen LogP contribution in [-0.2, 0) is 10.0 Å². The molecule has 20 heavy (non-hydrogen) atoms. The van der Waals surface area contributed by atoms with E-state index in [1.807, 2.05) is 0 Å². The van der Waals surface area contributed by atoms with E-state index in [0.717, 1.165) is 0 Å². The summed E-state index contributed by atoms with van der Waals surface area (Å²) in [5.41, 5.74) is 2.19. The molecule has 0 fully saturated rings. The zero-order valence-electron chi connectivity index (χ0n) is 10.7. The molecule has 0 aliphatic carbocycles. The number of nitrogens with one attached hydrogen (secondary N) is 2. The summed E-state index contributed by atoms with van der Waals surface area (Å²) in [6, 6.07) is 11.9. The monoisotopic (exact) mass is 288 g/mol. The Morgan fingerprint density at radius 1 is 1.05 bits per heavy atom. The smallest absolute Gasteiger partial charge is 0.262 e. The molecule has 3 aromatic rings. The predicted molar refractivity (Wildman–Crippen MR) is 75.9 cm³/mol. The Morgan fingerprint density at radius 2 is 1.85 bits per heavy atom. The van der Waals surface area contributed by atoms with Crippen molar-refractivity contribution in [2.45, 2.75) is 11.8 Å². The van der Waals surface area contributed by atoms with Gasteiger partial charge in [0.15, 0.2) is 0 Å². The maximum atomic E-state index is 12.4. The quantitative estimate of drug-likeness (QED) is 0.772. The number of H-pyrrole nitrogens is 1. The number of benzene rings is 2. The summed E-state index contributed by atoms with van der Waals surface area (Å²) in [5, 5.41) is 10.4. The van der Waals surface area contributed by atoms with E-state index < -0.39 is 10.0 Å². The molecule has 0 unspecified atom stereocenters. The molecular formula is C13H12N4O2S. The molecule has 0 radical (unpaired) electrons. The summed E-state index contributed by atoms with van der Waals surface area (Å²) in [7, 11) is -3.65. The lowest BCUT2D eigenvalue weighted by atomic mass is 10.2. The molecular weight excluding hydrogens is 276 g/mol. The fourth-order valence-electron chi connectivity index (χ4n) is 2.01. The molecule has 0 bridgehead atoms. The van der Waals surface area contributed by atoms with E-state index in [2.05, 4.69) is 20.1 Å². The van der Waals surface area contributed by atoms with Gasteiger partial charge in [0, 0.05) is 0 Å². The van der Waals surface area contributed by atoms with Crippen molar-refractivity contribution >= 4 is 26.7 Å². The summed E-state index contributed by atoms with van der Waals surface area (Å²) in [6.45, 7) is 1.76. The highest BCUT2D eigenvalue weighted by atomic mass is 32.2. The number of hydrogen-bond acceptors (Lipinski definition) is 4. The van der Waals surface area contributed by atoms with Crippen molar-refractivity contribution in [1.82, 2.24) is 15.4 Å². The number of anilines is 1. The molecule has 6 nitrogen and oxygen atoms in total. The Labute approximate surface area is 115 Å². The third-order valence-electron chi connectivity index (χ3n) is 2.97. The molecule has 102 valence electrons. The van der Waals surface area contributed by atoms with Crippen LogP contribution in [0.3, 0.4) is 0 Å². The van der Waals surface area contributed by atoms with Gasteiger partial charge in [-0.3, -0.25) is 4.72 Å². The van der Waals surface area contributed by atoms with Gasteiger partial charge >= 0.3 is 0 Å². The zero-order valence-corrected chi connectivity index (χ0v) is 11.5. The van der Waals surface area contributed by atoms with Crippen molar-refractivity contribution < 1.29 is 8.42 Å². The number of sulfonamides is 1. The summed E-state index contributed by atoms with van der Waals surface area (Å²) < 4.78 is 27.4. The molecule has 2 aromatic carbocycles. The van der Waals surface area contributed by atoms with Crippen LogP contribution in [0.1, 0.15) is 5.56 Å². The van der Waals surface area contributed by atoms with E-state index >= 15 is 0 Å². The lowest BCUT2D eigenvalue weighted by Gasteiger charge is -2.10. The van der Waals surface area contributed by atoms with Crippen LogP contribution < -0.4 is 4.72 Å². The highest BCUT2D eigenvalue weighted by Crippen LogP contribution is 2.23. The molecule has 3 rings (SSSR count). The lowest BCUT2D eigenvalue weighted by molar-refractivity contribution is 0.600. The van der Waals surface area contributed by atoms with Gasteiger partial charge in [-0.15, -0.1) is 0 Å². The first kappa shape index (κ1) is 12.6. The van der Waals surface area contributed by atoms with E-state index in [1.54, 1.807) is 49.4 Å². The standard InChI is InChI=1S/C13H12N4O2S/c1-9-5-2-3-8-12(9)20(18,19)16-11-7-4-6-10-13(11)15-17-14-10/h2-8,16H,1H3,(H,14,15,17). The maximum Gasteiger partial charge on any atom is 0.262 e. The van der Waals surface area contributed by atoms with Gasteiger partial charge in [-0.2, -0.15) is 15.4 Å². The average molecular weight is 288 g/mol. The first-order chi connectivity index (χ1) is 9.58. The van der Waals surface area contributed by atoms with Crippen molar-refractivity contribution in [3.05, 3.63) is 48.0 Å². The first-order valence-electron chi connectivity index (χ1n) is 5.96. The van der Waals surface area contributed by atoms with Gasteiger partial charge < -0.3 is 0 Å². The van der Waals surface area contributed by atoms with Crippen LogP contribution in [0.5, 0.6) is 0 Å². The van der Waals surface area contributed by atoms with Crippen molar-refractivity contribution in [2.24, 2.45) is 0 Å². The highest BCUT2D eigenvalue weighted by Gasteiger charge is 2.18. The molecule has 0 saturated carbocycles. The van der Waals surface area contributed by atoms with Gasteiger partial charge in [0.2, 0.25) is 0 Å². The SMILES string of the molecule is Cc1ccccc1S(=O)(=O)Nc1cccc2n[nH]nc12. The molecule has 0 saturated heterocycles. The van der Waals surface area contributed by atoms with Gasteiger partial charge in [-0.05, 0) is 30.7 Å². The van der Waals surface area contributed by atoms with Gasteiger partial charge in [0.25, 0.3) is 10.0 Å². The third kappa shape index (κ3) is 2.12. The lowest BCUT2D eigenvalue weighted by Crippen LogP contribution is -2.14.